The predicted octanol–water partition coefficient (Wildman–Crippen LogP) is 5.45. The van der Waals surface area contributed by atoms with Gasteiger partial charge in [-0.15, -0.1) is 0 Å². The smallest absolute Gasteiger partial charge is 0.280 e. The fraction of sp³-hybridized carbons (Fsp3) is 0.304. The van der Waals surface area contributed by atoms with Gasteiger partial charge in [-0.1, -0.05) is 56.5 Å². The van der Waals surface area contributed by atoms with Crippen LogP contribution in [0.4, 0.5) is 5.69 Å². The SMILES string of the molecule is CCCCCCOc1ccc(/C=C2\C(=O)N(c3ccccc3)N=C2C)cc1. The Morgan fingerprint density at radius 2 is 1.74 bits per heavy atom. The standard InChI is InChI=1S/C23H26N2O2/c1-3-4-5-9-16-27-21-14-12-19(13-15-21)17-22-18(2)24-25(23(22)26)20-10-7-6-8-11-20/h6-8,10-15,17H,3-5,9,16H2,1-2H3/b22-17-. The van der Waals surface area contributed by atoms with Crippen LogP contribution in [0.2, 0.25) is 0 Å². The summed E-state index contributed by atoms with van der Waals surface area (Å²) in [6.07, 6.45) is 6.66. The monoisotopic (exact) mass is 362 g/mol. The number of nitrogens with zero attached hydrogens (tertiary/aromatic N) is 2. The van der Waals surface area contributed by atoms with Crippen molar-refractivity contribution in [1.29, 1.82) is 0 Å². The Bertz CT molecular complexity index is 823. The summed E-state index contributed by atoms with van der Waals surface area (Å²) in [4.78, 5) is 12.7. The summed E-state index contributed by atoms with van der Waals surface area (Å²) in [5.41, 5.74) is 3.07. The van der Waals surface area contributed by atoms with Crippen LogP contribution in [0.5, 0.6) is 5.75 Å². The van der Waals surface area contributed by atoms with Gasteiger partial charge in [0.2, 0.25) is 0 Å². The third-order valence-corrected chi connectivity index (χ3v) is 4.52. The van der Waals surface area contributed by atoms with E-state index < -0.39 is 0 Å². The van der Waals surface area contributed by atoms with Crippen molar-refractivity contribution in [2.45, 2.75) is 39.5 Å². The van der Waals surface area contributed by atoms with Crippen LogP contribution in [0.1, 0.15) is 45.1 Å². The maximum Gasteiger partial charge on any atom is 0.280 e. The molecule has 1 aliphatic rings. The molecule has 0 spiro atoms. The highest BCUT2D eigenvalue weighted by molar-refractivity contribution is 6.32. The Labute approximate surface area is 161 Å². The average molecular weight is 362 g/mol. The predicted molar refractivity (Wildman–Crippen MR) is 111 cm³/mol. The number of amides is 1. The molecule has 0 radical (unpaired) electrons. The van der Waals surface area contributed by atoms with Gasteiger partial charge in [0.05, 0.1) is 23.6 Å². The van der Waals surface area contributed by atoms with Gasteiger partial charge in [-0.25, -0.2) is 0 Å². The Morgan fingerprint density at radius 3 is 2.44 bits per heavy atom. The number of rotatable bonds is 8. The zero-order valence-electron chi connectivity index (χ0n) is 16.0. The lowest BCUT2D eigenvalue weighted by Crippen LogP contribution is -2.21. The largest absolute Gasteiger partial charge is 0.494 e. The first-order valence-corrected chi connectivity index (χ1v) is 9.58. The Hall–Kier alpha value is -2.88. The number of unbranched alkanes of at least 4 members (excludes halogenated alkanes) is 3. The van der Waals surface area contributed by atoms with E-state index in [1.54, 1.807) is 0 Å². The van der Waals surface area contributed by atoms with Crippen molar-refractivity contribution >= 4 is 23.4 Å². The summed E-state index contributed by atoms with van der Waals surface area (Å²) < 4.78 is 5.78. The summed E-state index contributed by atoms with van der Waals surface area (Å²) >= 11 is 0. The van der Waals surface area contributed by atoms with E-state index in [9.17, 15) is 4.79 Å². The Balaban J connectivity index is 1.64. The number of anilines is 1. The van der Waals surface area contributed by atoms with Gasteiger partial charge in [-0.05, 0) is 49.2 Å². The topological polar surface area (TPSA) is 41.9 Å². The van der Waals surface area contributed by atoms with Crippen LogP contribution >= 0.6 is 0 Å². The number of benzene rings is 2. The first-order valence-electron chi connectivity index (χ1n) is 9.58. The molecule has 0 aromatic heterocycles. The summed E-state index contributed by atoms with van der Waals surface area (Å²) in [5, 5.41) is 5.86. The first-order chi connectivity index (χ1) is 13.2. The minimum atomic E-state index is -0.102. The van der Waals surface area contributed by atoms with E-state index in [-0.39, 0.29) is 5.91 Å². The molecule has 0 fully saturated rings. The van der Waals surface area contributed by atoms with Crippen LogP contribution in [0.25, 0.3) is 6.08 Å². The molecule has 0 N–H and O–H groups in total. The van der Waals surface area contributed by atoms with E-state index in [0.717, 1.165) is 35.7 Å². The molecule has 0 saturated carbocycles. The normalized spacial score (nSPS) is 15.3. The number of para-hydroxylation sites is 1. The molecule has 1 amide bonds. The maximum atomic E-state index is 12.7. The molecular weight excluding hydrogens is 336 g/mol. The van der Waals surface area contributed by atoms with Crippen LogP contribution < -0.4 is 9.75 Å². The van der Waals surface area contributed by atoms with Crippen LogP contribution in [0.15, 0.2) is 65.3 Å². The molecule has 4 nitrogen and oxygen atoms in total. The second kappa shape index (κ2) is 9.17. The van der Waals surface area contributed by atoms with Crippen molar-refractivity contribution in [3.8, 4) is 5.75 Å². The van der Waals surface area contributed by atoms with Crippen LogP contribution in [-0.2, 0) is 4.79 Å². The molecular formula is C23H26N2O2. The fourth-order valence-corrected chi connectivity index (χ4v) is 2.97. The molecule has 0 unspecified atom stereocenters. The van der Waals surface area contributed by atoms with Gasteiger partial charge in [0.1, 0.15) is 5.75 Å². The summed E-state index contributed by atoms with van der Waals surface area (Å²) in [5.74, 6) is 0.762. The average Bonchev–Trinajstić information content (AvgIpc) is 2.98. The summed E-state index contributed by atoms with van der Waals surface area (Å²) in [6.45, 7) is 4.81. The number of carbonyl (C=O) groups is 1. The second-order valence-corrected chi connectivity index (χ2v) is 6.67. The molecule has 0 saturated heterocycles. The molecule has 1 aliphatic heterocycles. The van der Waals surface area contributed by atoms with Gasteiger partial charge in [0, 0.05) is 0 Å². The van der Waals surface area contributed by atoms with Gasteiger partial charge < -0.3 is 4.74 Å². The van der Waals surface area contributed by atoms with Crippen LogP contribution in [0.3, 0.4) is 0 Å². The van der Waals surface area contributed by atoms with E-state index in [1.807, 2.05) is 67.6 Å². The highest BCUT2D eigenvalue weighted by Crippen LogP contribution is 2.25. The van der Waals surface area contributed by atoms with E-state index in [2.05, 4.69) is 12.0 Å². The first kappa shape index (κ1) is 18.9. The van der Waals surface area contributed by atoms with Crippen LogP contribution in [-0.4, -0.2) is 18.2 Å². The highest BCUT2D eigenvalue weighted by Gasteiger charge is 2.28. The molecule has 0 atom stereocenters. The molecule has 0 aliphatic carbocycles. The zero-order valence-corrected chi connectivity index (χ0v) is 16.0. The van der Waals surface area contributed by atoms with Gasteiger partial charge in [-0.2, -0.15) is 10.1 Å². The molecule has 2 aromatic rings. The zero-order chi connectivity index (χ0) is 19.1. The lowest BCUT2D eigenvalue weighted by molar-refractivity contribution is -0.114. The van der Waals surface area contributed by atoms with E-state index >= 15 is 0 Å². The number of hydrogen-bond donors (Lipinski definition) is 0. The Kier molecular flexibility index (Phi) is 6.42. The molecule has 27 heavy (non-hydrogen) atoms. The maximum absolute atomic E-state index is 12.7. The second-order valence-electron chi connectivity index (χ2n) is 6.67. The molecule has 1 heterocycles. The van der Waals surface area contributed by atoms with Crippen molar-refractivity contribution in [1.82, 2.24) is 0 Å². The quantitative estimate of drug-likeness (QED) is 0.463. The van der Waals surface area contributed by atoms with Gasteiger partial charge >= 0.3 is 0 Å². The van der Waals surface area contributed by atoms with Crippen LogP contribution in [0, 0.1) is 0 Å². The number of hydrazone groups is 1. The molecule has 0 bridgehead atoms. The van der Waals surface area contributed by atoms with Crippen molar-refractivity contribution in [2.75, 3.05) is 11.6 Å². The Morgan fingerprint density at radius 1 is 1.00 bits per heavy atom. The fourth-order valence-electron chi connectivity index (χ4n) is 2.97. The molecule has 140 valence electrons. The lowest BCUT2D eigenvalue weighted by atomic mass is 10.1. The van der Waals surface area contributed by atoms with E-state index in [4.69, 9.17) is 4.74 Å². The molecule has 2 aromatic carbocycles. The third-order valence-electron chi connectivity index (χ3n) is 4.52. The van der Waals surface area contributed by atoms with Gasteiger partial charge in [0.15, 0.2) is 0 Å². The van der Waals surface area contributed by atoms with E-state index in [1.165, 1.54) is 24.3 Å². The number of ether oxygens (including phenoxy) is 1. The van der Waals surface area contributed by atoms with Crippen molar-refractivity contribution in [3.05, 3.63) is 65.7 Å². The third kappa shape index (κ3) is 4.85. The summed E-state index contributed by atoms with van der Waals surface area (Å²) in [7, 11) is 0. The van der Waals surface area contributed by atoms with Gasteiger partial charge in [0.25, 0.3) is 5.91 Å². The van der Waals surface area contributed by atoms with Gasteiger partial charge in [-0.3, -0.25) is 4.79 Å². The lowest BCUT2D eigenvalue weighted by Gasteiger charge is -2.11. The molecule has 4 heteroatoms. The molecule has 3 rings (SSSR count). The highest BCUT2D eigenvalue weighted by atomic mass is 16.5. The minimum absolute atomic E-state index is 0.102. The van der Waals surface area contributed by atoms with Crippen molar-refractivity contribution < 1.29 is 9.53 Å². The summed E-state index contributed by atoms with van der Waals surface area (Å²) in [6, 6.07) is 17.3. The minimum Gasteiger partial charge on any atom is -0.494 e. The van der Waals surface area contributed by atoms with Crippen molar-refractivity contribution in [2.24, 2.45) is 5.10 Å². The van der Waals surface area contributed by atoms with E-state index in [0.29, 0.717) is 5.57 Å². The number of carbonyl (C=O) groups excluding carboxylic acids is 1. The van der Waals surface area contributed by atoms with Crippen molar-refractivity contribution in [3.63, 3.8) is 0 Å². The number of hydrogen-bond acceptors (Lipinski definition) is 3.